The molecular formula is C12H15BrFNO4S. The van der Waals surface area contributed by atoms with Crippen molar-refractivity contribution in [3.05, 3.63) is 28.5 Å². The molecular weight excluding hydrogens is 353 g/mol. The van der Waals surface area contributed by atoms with Gasteiger partial charge in [-0.05, 0) is 46.5 Å². The molecule has 0 spiro atoms. The van der Waals surface area contributed by atoms with Gasteiger partial charge in [0.15, 0.2) is 0 Å². The Hall–Kier alpha value is -0.990. The average Bonchev–Trinajstić information content (AvgIpc) is 2.33. The summed E-state index contributed by atoms with van der Waals surface area (Å²) in [6.07, 6.45) is 0.367. The van der Waals surface area contributed by atoms with E-state index in [4.69, 9.17) is 5.11 Å². The summed E-state index contributed by atoms with van der Waals surface area (Å²) in [5, 5.41) is 8.55. The van der Waals surface area contributed by atoms with Crippen molar-refractivity contribution < 1.29 is 22.7 Å². The number of rotatable bonds is 7. The van der Waals surface area contributed by atoms with Crippen molar-refractivity contribution in [2.24, 2.45) is 5.92 Å². The Kier molecular flexibility index (Phi) is 6.09. The van der Waals surface area contributed by atoms with Gasteiger partial charge < -0.3 is 5.11 Å². The van der Waals surface area contributed by atoms with Gasteiger partial charge in [0.2, 0.25) is 10.0 Å². The molecule has 5 nitrogen and oxygen atoms in total. The van der Waals surface area contributed by atoms with Gasteiger partial charge in [-0.1, -0.05) is 6.92 Å². The van der Waals surface area contributed by atoms with Gasteiger partial charge >= 0.3 is 5.97 Å². The van der Waals surface area contributed by atoms with Crippen LogP contribution in [0.3, 0.4) is 0 Å². The predicted octanol–water partition coefficient (Wildman–Crippen LogP) is 2.37. The second-order valence-corrected chi connectivity index (χ2v) is 7.05. The van der Waals surface area contributed by atoms with Crippen LogP contribution in [0.15, 0.2) is 27.6 Å². The minimum atomic E-state index is -3.75. The number of sulfonamides is 1. The van der Waals surface area contributed by atoms with Crippen LogP contribution < -0.4 is 4.72 Å². The van der Waals surface area contributed by atoms with Gasteiger partial charge in [0.1, 0.15) is 5.82 Å². The van der Waals surface area contributed by atoms with Gasteiger partial charge in [-0.3, -0.25) is 4.79 Å². The highest BCUT2D eigenvalue weighted by molar-refractivity contribution is 9.10. The van der Waals surface area contributed by atoms with Crippen LogP contribution in [0.4, 0.5) is 4.39 Å². The van der Waals surface area contributed by atoms with Crippen molar-refractivity contribution in [3.63, 3.8) is 0 Å². The van der Waals surface area contributed by atoms with Crippen LogP contribution in [0.5, 0.6) is 0 Å². The Morgan fingerprint density at radius 3 is 2.70 bits per heavy atom. The van der Waals surface area contributed by atoms with E-state index in [1.165, 1.54) is 6.07 Å². The van der Waals surface area contributed by atoms with Crippen molar-refractivity contribution in [3.8, 4) is 0 Å². The number of aliphatic carboxylic acids is 1. The molecule has 0 amide bonds. The molecule has 20 heavy (non-hydrogen) atoms. The van der Waals surface area contributed by atoms with Crippen LogP contribution in [0, 0.1) is 11.7 Å². The maximum Gasteiger partial charge on any atom is 0.303 e. The molecule has 0 heterocycles. The summed E-state index contributed by atoms with van der Waals surface area (Å²) in [7, 11) is -3.75. The molecule has 1 aromatic carbocycles. The number of hydrogen-bond donors (Lipinski definition) is 2. The van der Waals surface area contributed by atoms with Crippen LogP contribution in [-0.2, 0) is 14.8 Å². The molecule has 112 valence electrons. The monoisotopic (exact) mass is 367 g/mol. The number of benzene rings is 1. The van der Waals surface area contributed by atoms with Crippen molar-refractivity contribution >= 4 is 31.9 Å². The van der Waals surface area contributed by atoms with Crippen molar-refractivity contribution in [2.45, 2.75) is 24.7 Å². The molecule has 2 N–H and O–H groups in total. The zero-order valence-corrected chi connectivity index (χ0v) is 13.2. The van der Waals surface area contributed by atoms with E-state index in [2.05, 4.69) is 20.7 Å². The van der Waals surface area contributed by atoms with Gasteiger partial charge in [-0.2, -0.15) is 0 Å². The van der Waals surface area contributed by atoms with Crippen LogP contribution in [0.2, 0.25) is 0 Å². The lowest BCUT2D eigenvalue weighted by Crippen LogP contribution is -2.29. The Bertz CT molecular complexity index is 591. The van der Waals surface area contributed by atoms with E-state index in [0.717, 1.165) is 12.1 Å². The minimum Gasteiger partial charge on any atom is -0.481 e. The molecule has 0 bridgehead atoms. The first kappa shape index (κ1) is 17.1. The number of halogens is 2. The van der Waals surface area contributed by atoms with Crippen LogP contribution >= 0.6 is 15.9 Å². The van der Waals surface area contributed by atoms with Crippen molar-refractivity contribution in [1.82, 2.24) is 4.72 Å². The maximum atomic E-state index is 12.9. The SMILES string of the molecule is CC(CCC(=O)O)CNS(=O)(=O)c1ccc(F)cc1Br. The molecule has 0 aliphatic carbocycles. The average molecular weight is 368 g/mol. The fourth-order valence-corrected chi connectivity index (χ4v) is 3.71. The van der Waals surface area contributed by atoms with E-state index in [-0.39, 0.29) is 28.3 Å². The van der Waals surface area contributed by atoms with E-state index in [1.807, 2.05) is 0 Å². The Morgan fingerprint density at radius 1 is 1.50 bits per heavy atom. The van der Waals surface area contributed by atoms with Gasteiger partial charge in [-0.25, -0.2) is 17.5 Å². The summed E-state index contributed by atoms with van der Waals surface area (Å²) in [5.74, 6) is -1.56. The van der Waals surface area contributed by atoms with E-state index >= 15 is 0 Å². The first-order chi connectivity index (χ1) is 9.22. The fraction of sp³-hybridized carbons (Fsp3) is 0.417. The summed E-state index contributed by atoms with van der Waals surface area (Å²) < 4.78 is 39.5. The summed E-state index contributed by atoms with van der Waals surface area (Å²) >= 11 is 3.00. The molecule has 0 radical (unpaired) electrons. The highest BCUT2D eigenvalue weighted by Crippen LogP contribution is 2.22. The van der Waals surface area contributed by atoms with Crippen LogP contribution in [-0.4, -0.2) is 26.0 Å². The van der Waals surface area contributed by atoms with Gasteiger partial charge in [0, 0.05) is 17.4 Å². The van der Waals surface area contributed by atoms with E-state index in [0.29, 0.717) is 6.42 Å². The standard InChI is InChI=1S/C12H15BrFNO4S/c1-8(2-5-12(16)17)7-15-20(18,19)11-4-3-9(14)6-10(11)13/h3-4,6,8,15H,2,5,7H2,1H3,(H,16,17). The van der Waals surface area contributed by atoms with E-state index in [9.17, 15) is 17.6 Å². The molecule has 0 aromatic heterocycles. The quantitative estimate of drug-likeness (QED) is 0.774. The van der Waals surface area contributed by atoms with Crippen molar-refractivity contribution in [2.75, 3.05) is 6.54 Å². The molecule has 0 aliphatic rings. The number of carbonyl (C=O) groups is 1. The largest absolute Gasteiger partial charge is 0.481 e. The second-order valence-electron chi connectivity index (χ2n) is 4.46. The Morgan fingerprint density at radius 2 is 2.15 bits per heavy atom. The summed E-state index contributed by atoms with van der Waals surface area (Å²) in [5.41, 5.74) is 0. The fourth-order valence-electron chi connectivity index (χ4n) is 1.49. The summed E-state index contributed by atoms with van der Waals surface area (Å²) in [4.78, 5) is 10.4. The molecule has 1 rings (SSSR count). The highest BCUT2D eigenvalue weighted by Gasteiger charge is 2.19. The van der Waals surface area contributed by atoms with E-state index in [1.54, 1.807) is 6.92 Å². The topological polar surface area (TPSA) is 83.5 Å². The molecule has 1 unspecified atom stereocenters. The lowest BCUT2D eigenvalue weighted by atomic mass is 10.1. The Balaban J connectivity index is 2.68. The number of nitrogens with one attached hydrogen (secondary N) is 1. The summed E-state index contributed by atoms with van der Waals surface area (Å²) in [6.45, 7) is 1.88. The lowest BCUT2D eigenvalue weighted by molar-refractivity contribution is -0.137. The molecule has 1 atom stereocenters. The number of carboxylic acid groups (broad SMARTS) is 1. The highest BCUT2D eigenvalue weighted by atomic mass is 79.9. The van der Waals surface area contributed by atoms with Gasteiger partial charge in [0.25, 0.3) is 0 Å². The zero-order valence-electron chi connectivity index (χ0n) is 10.8. The normalized spacial score (nSPS) is 13.2. The molecule has 0 saturated carbocycles. The molecule has 0 saturated heterocycles. The third kappa shape index (κ3) is 5.18. The number of carboxylic acids is 1. The minimum absolute atomic E-state index is 0.0108. The predicted molar refractivity (Wildman–Crippen MR) is 75.3 cm³/mol. The first-order valence-electron chi connectivity index (χ1n) is 5.89. The zero-order chi connectivity index (χ0) is 15.3. The number of hydrogen-bond acceptors (Lipinski definition) is 3. The molecule has 8 heteroatoms. The lowest BCUT2D eigenvalue weighted by Gasteiger charge is -2.12. The molecule has 0 fully saturated rings. The van der Waals surface area contributed by atoms with Crippen molar-refractivity contribution in [1.29, 1.82) is 0 Å². The molecule has 1 aromatic rings. The summed E-state index contributed by atoms with van der Waals surface area (Å²) in [6, 6.07) is 3.30. The third-order valence-corrected chi connectivity index (χ3v) is 5.06. The first-order valence-corrected chi connectivity index (χ1v) is 8.16. The third-order valence-electron chi connectivity index (χ3n) is 2.66. The van der Waals surface area contributed by atoms with Gasteiger partial charge in [0.05, 0.1) is 4.90 Å². The Labute approximate surface area is 125 Å². The smallest absolute Gasteiger partial charge is 0.303 e. The van der Waals surface area contributed by atoms with Gasteiger partial charge in [-0.15, -0.1) is 0 Å². The second kappa shape index (κ2) is 7.14. The van der Waals surface area contributed by atoms with Crippen LogP contribution in [0.25, 0.3) is 0 Å². The molecule has 0 aliphatic heterocycles. The van der Waals surface area contributed by atoms with E-state index < -0.39 is 21.8 Å². The van der Waals surface area contributed by atoms with Crippen LogP contribution in [0.1, 0.15) is 19.8 Å². The maximum absolute atomic E-state index is 12.9.